The third-order valence-corrected chi connectivity index (χ3v) is 7.95. The average Bonchev–Trinajstić information content (AvgIpc) is 2.78. The van der Waals surface area contributed by atoms with Gasteiger partial charge in [-0.25, -0.2) is 0 Å². The molecule has 12 heteroatoms. The minimum absolute atomic E-state index is 0.00653. The van der Waals surface area contributed by atoms with E-state index < -0.39 is 23.5 Å². The molecular formula is C18H29I3O9. The number of alkyl halides is 3. The van der Waals surface area contributed by atoms with Crippen molar-refractivity contribution in [3.05, 3.63) is 0 Å². The van der Waals surface area contributed by atoms with Crippen LogP contribution in [0.4, 0.5) is 0 Å². The Morgan fingerprint density at radius 2 is 1.00 bits per heavy atom. The van der Waals surface area contributed by atoms with Crippen LogP contribution in [0, 0.1) is 0 Å². The molecule has 0 N–H and O–H groups in total. The largest absolute Gasteiger partial charge is 0.434 e. The van der Waals surface area contributed by atoms with Crippen molar-refractivity contribution in [3.63, 3.8) is 0 Å². The lowest BCUT2D eigenvalue weighted by Crippen LogP contribution is -2.48. The number of hydrogen-bond acceptors (Lipinski definition) is 9. The van der Waals surface area contributed by atoms with Gasteiger partial charge >= 0.3 is 0 Å². The quantitative estimate of drug-likeness (QED) is 0.0605. The Morgan fingerprint density at radius 3 is 1.27 bits per heavy atom. The van der Waals surface area contributed by atoms with Crippen LogP contribution in [0.3, 0.4) is 0 Å². The van der Waals surface area contributed by atoms with E-state index in [0.717, 1.165) is 0 Å². The highest BCUT2D eigenvalue weighted by molar-refractivity contribution is 14.1. The maximum Gasteiger partial charge on any atom is 0.295 e. The van der Waals surface area contributed by atoms with Crippen molar-refractivity contribution in [2.75, 3.05) is 26.5 Å². The fourth-order valence-corrected chi connectivity index (χ4v) is 5.07. The van der Waals surface area contributed by atoms with E-state index in [1.54, 1.807) is 0 Å². The molecule has 0 amide bonds. The topological polar surface area (TPSA) is 107 Å². The van der Waals surface area contributed by atoms with Crippen LogP contribution in [0.2, 0.25) is 0 Å². The molecule has 0 aliphatic rings. The Morgan fingerprint density at radius 1 is 0.667 bits per heavy atom. The molecule has 3 unspecified atom stereocenters. The maximum atomic E-state index is 11.0. The smallest absolute Gasteiger partial charge is 0.295 e. The van der Waals surface area contributed by atoms with Crippen LogP contribution >= 0.6 is 67.8 Å². The van der Waals surface area contributed by atoms with E-state index >= 15 is 0 Å². The molecule has 0 aromatic carbocycles. The number of halogens is 3. The van der Waals surface area contributed by atoms with E-state index in [4.69, 9.17) is 28.4 Å². The molecular weight excluding hydrogens is 741 g/mol. The zero-order valence-electron chi connectivity index (χ0n) is 17.3. The van der Waals surface area contributed by atoms with Crippen LogP contribution in [0.15, 0.2) is 0 Å². The molecule has 3 atom stereocenters. The lowest BCUT2D eigenvalue weighted by Gasteiger charge is -2.37. The van der Waals surface area contributed by atoms with Crippen LogP contribution in [0.1, 0.15) is 40.0 Å². The molecule has 0 heterocycles. The van der Waals surface area contributed by atoms with Crippen molar-refractivity contribution in [1.82, 2.24) is 0 Å². The average molecular weight is 770 g/mol. The van der Waals surface area contributed by atoms with Gasteiger partial charge in [-0.05, 0) is 0 Å². The van der Waals surface area contributed by atoms with Gasteiger partial charge in [0, 0.05) is 19.3 Å². The molecule has 0 fully saturated rings. The van der Waals surface area contributed by atoms with Crippen molar-refractivity contribution >= 4 is 87.2 Å². The molecule has 0 aromatic rings. The summed E-state index contributed by atoms with van der Waals surface area (Å²) in [6.45, 7) is 6.52. The molecule has 0 saturated heterocycles. The van der Waals surface area contributed by atoms with Gasteiger partial charge in [-0.1, -0.05) is 88.5 Å². The van der Waals surface area contributed by atoms with E-state index in [2.05, 4.69) is 67.8 Å². The highest BCUT2D eigenvalue weighted by atomic mass is 127. The van der Waals surface area contributed by atoms with Gasteiger partial charge in [-0.3, -0.25) is 14.4 Å². The van der Waals surface area contributed by atoms with E-state index in [9.17, 15) is 14.4 Å². The van der Waals surface area contributed by atoms with Crippen LogP contribution in [0.25, 0.3) is 0 Å². The van der Waals surface area contributed by atoms with Gasteiger partial charge < -0.3 is 28.4 Å². The van der Waals surface area contributed by atoms with Gasteiger partial charge in [0.2, 0.25) is 17.4 Å². The summed E-state index contributed by atoms with van der Waals surface area (Å²) >= 11 is 6.22. The van der Waals surface area contributed by atoms with Crippen LogP contribution in [-0.2, 0) is 42.8 Å². The summed E-state index contributed by atoms with van der Waals surface area (Å²) in [6, 6.07) is 0. The van der Waals surface area contributed by atoms with E-state index in [-0.39, 0.29) is 13.2 Å². The highest BCUT2D eigenvalue weighted by Crippen LogP contribution is 2.27. The number of hydrogen-bond donors (Lipinski definition) is 0. The fourth-order valence-electron chi connectivity index (χ4n) is 2.29. The minimum atomic E-state index is -1.17. The second-order valence-electron chi connectivity index (χ2n) is 6.20. The molecule has 9 nitrogen and oxygen atoms in total. The molecule has 0 aliphatic heterocycles. The summed E-state index contributed by atoms with van der Waals surface area (Å²) in [4.78, 5) is 32.9. The third kappa shape index (κ3) is 9.54. The fraction of sp³-hybridized carbons (Fsp3) is 0.833. The van der Waals surface area contributed by atoms with Gasteiger partial charge in [0.1, 0.15) is 6.10 Å². The Kier molecular flexibility index (Phi) is 16.4. The van der Waals surface area contributed by atoms with Crippen LogP contribution in [-0.4, -0.2) is 69.4 Å². The molecule has 30 heavy (non-hydrogen) atoms. The predicted octanol–water partition coefficient (Wildman–Crippen LogP) is 3.55. The number of carbonyl (C=O) groups excluding carboxylic acids is 3. The molecule has 0 saturated carbocycles. The Bertz CT molecular complexity index is 465. The van der Waals surface area contributed by atoms with Gasteiger partial charge in [0.25, 0.3) is 19.4 Å². The van der Waals surface area contributed by atoms with Crippen LogP contribution < -0.4 is 0 Å². The number of rotatable bonds is 20. The molecule has 0 aliphatic carbocycles. The number of carbonyl (C=O) groups is 3. The highest BCUT2D eigenvalue weighted by Gasteiger charge is 2.38. The summed E-state index contributed by atoms with van der Waals surface area (Å²) < 4.78 is 34.7. The predicted molar refractivity (Wildman–Crippen MR) is 134 cm³/mol. The Balaban J connectivity index is 5.59. The second kappa shape index (κ2) is 16.1. The van der Waals surface area contributed by atoms with Gasteiger partial charge in [-0.2, -0.15) is 0 Å². The van der Waals surface area contributed by atoms with Crippen LogP contribution in [0.5, 0.6) is 0 Å². The molecule has 0 rings (SSSR count). The van der Waals surface area contributed by atoms with E-state index in [1.165, 1.54) is 0 Å². The summed E-state index contributed by atoms with van der Waals surface area (Å²) in [5.41, 5.74) is 0. The molecule has 0 spiro atoms. The zero-order chi connectivity index (χ0) is 23.1. The van der Waals surface area contributed by atoms with Crippen molar-refractivity contribution in [2.45, 2.75) is 63.5 Å². The second-order valence-corrected chi connectivity index (χ2v) is 8.49. The van der Waals surface area contributed by atoms with Crippen molar-refractivity contribution in [2.24, 2.45) is 0 Å². The summed E-state index contributed by atoms with van der Waals surface area (Å²) in [7, 11) is 0. The first-order chi connectivity index (χ1) is 14.3. The van der Waals surface area contributed by atoms with Gasteiger partial charge in [-0.15, -0.1) is 0 Å². The Hall–Kier alpha value is 0.480. The first-order valence-electron chi connectivity index (χ1n) is 9.31. The monoisotopic (exact) mass is 770 g/mol. The lowest BCUT2D eigenvalue weighted by molar-refractivity contribution is -0.281. The first-order valence-corrected chi connectivity index (χ1v) is 13.9. The first kappa shape index (κ1) is 30.5. The van der Waals surface area contributed by atoms with E-state index in [1.807, 2.05) is 20.8 Å². The minimum Gasteiger partial charge on any atom is -0.434 e. The molecule has 0 bridgehead atoms. The lowest BCUT2D eigenvalue weighted by atomic mass is 10.2. The summed E-state index contributed by atoms with van der Waals surface area (Å²) in [6.07, 6.45) is 0.559. The molecule has 0 aromatic heterocycles. The van der Waals surface area contributed by atoms with E-state index in [0.29, 0.717) is 52.0 Å². The third-order valence-electron chi connectivity index (χ3n) is 4.46. The standard InChI is InChI=1S/C18H29I3O9/c1-4-16(9-19,27-12-22)25-7-15(30-18(6-3,11-21)29-14-24)8-26-17(5-2,10-20)28-13-23/h12-15H,4-11H2,1-3H3. The van der Waals surface area contributed by atoms with Gasteiger partial charge in [0.05, 0.1) is 26.5 Å². The summed E-state index contributed by atoms with van der Waals surface area (Å²) in [5, 5.41) is 0. The van der Waals surface area contributed by atoms with Crippen molar-refractivity contribution in [3.8, 4) is 0 Å². The summed E-state index contributed by atoms with van der Waals surface area (Å²) in [5.74, 6) is -3.40. The maximum absolute atomic E-state index is 11.0. The van der Waals surface area contributed by atoms with Gasteiger partial charge in [0.15, 0.2) is 0 Å². The zero-order valence-corrected chi connectivity index (χ0v) is 23.7. The number of ether oxygens (including phenoxy) is 6. The van der Waals surface area contributed by atoms with Crippen molar-refractivity contribution in [1.29, 1.82) is 0 Å². The Labute approximate surface area is 218 Å². The SMILES string of the molecule is CCC(CI)(OC=O)OCC(COC(CC)(CI)OC=O)OC(CC)(CI)OC=O. The normalized spacial score (nSPS) is 18.2. The van der Waals surface area contributed by atoms with Crippen molar-refractivity contribution < 1.29 is 42.8 Å². The molecule has 176 valence electrons. The molecule has 0 radical (unpaired) electrons.